The lowest BCUT2D eigenvalue weighted by atomic mass is 10.4. The molecule has 0 aliphatic rings. The first-order valence-electron chi connectivity index (χ1n) is 3.01. The summed E-state index contributed by atoms with van der Waals surface area (Å²) < 4.78 is 0. The summed E-state index contributed by atoms with van der Waals surface area (Å²) in [4.78, 5) is 25.8. The van der Waals surface area contributed by atoms with E-state index in [1.165, 1.54) is 14.0 Å². The number of imide groups is 1. The van der Waals surface area contributed by atoms with E-state index >= 15 is 0 Å². The SMILES string of the molecule is CCC(=O)N(OC)C(C)=O. The number of hydrogen-bond acceptors (Lipinski definition) is 3. The number of carbonyl (C=O) groups excluding carboxylic acids is 2. The van der Waals surface area contributed by atoms with Crippen molar-refractivity contribution >= 4 is 11.8 Å². The van der Waals surface area contributed by atoms with Crippen molar-refractivity contribution < 1.29 is 14.4 Å². The summed E-state index contributed by atoms with van der Waals surface area (Å²) in [7, 11) is 1.29. The molecule has 0 N–H and O–H groups in total. The second-order valence-electron chi connectivity index (χ2n) is 1.74. The summed E-state index contributed by atoms with van der Waals surface area (Å²) in [5.74, 6) is -0.718. The van der Waals surface area contributed by atoms with E-state index in [-0.39, 0.29) is 12.3 Å². The van der Waals surface area contributed by atoms with Crippen LogP contribution in [0.4, 0.5) is 0 Å². The summed E-state index contributed by atoms with van der Waals surface area (Å²) in [6, 6.07) is 0. The first kappa shape index (κ1) is 9.10. The third-order valence-corrected chi connectivity index (χ3v) is 0.998. The van der Waals surface area contributed by atoms with Gasteiger partial charge in [0, 0.05) is 13.3 Å². The number of nitrogens with zero attached hydrogens (tertiary/aromatic N) is 1. The maximum Gasteiger partial charge on any atom is 0.253 e. The van der Waals surface area contributed by atoms with Crippen LogP contribution >= 0.6 is 0 Å². The van der Waals surface area contributed by atoms with Crippen LogP contribution < -0.4 is 0 Å². The van der Waals surface area contributed by atoms with Crippen molar-refractivity contribution in [2.75, 3.05) is 7.11 Å². The molecular formula is C6H11NO3. The van der Waals surface area contributed by atoms with Crippen LogP contribution in [-0.2, 0) is 14.4 Å². The predicted octanol–water partition coefficient (Wildman–Crippen LogP) is 0.333. The average molecular weight is 145 g/mol. The van der Waals surface area contributed by atoms with Gasteiger partial charge in [0.15, 0.2) is 0 Å². The topological polar surface area (TPSA) is 46.6 Å². The van der Waals surface area contributed by atoms with Crippen molar-refractivity contribution in [3.8, 4) is 0 Å². The highest BCUT2D eigenvalue weighted by molar-refractivity contribution is 5.92. The monoisotopic (exact) mass is 145 g/mol. The fourth-order valence-electron chi connectivity index (χ4n) is 0.550. The molecule has 4 heteroatoms. The lowest BCUT2D eigenvalue weighted by molar-refractivity contribution is -0.185. The molecule has 0 saturated heterocycles. The van der Waals surface area contributed by atoms with Gasteiger partial charge in [0.2, 0.25) is 5.91 Å². The highest BCUT2D eigenvalue weighted by Crippen LogP contribution is 1.93. The number of amides is 2. The van der Waals surface area contributed by atoms with Gasteiger partial charge in [-0.3, -0.25) is 14.4 Å². The summed E-state index contributed by atoms with van der Waals surface area (Å²) in [5.41, 5.74) is 0. The van der Waals surface area contributed by atoms with Gasteiger partial charge in [0.05, 0.1) is 7.11 Å². The average Bonchev–Trinajstić information content (AvgIpc) is 1.88. The summed E-state index contributed by atoms with van der Waals surface area (Å²) >= 11 is 0. The Bertz CT molecular complexity index is 144. The molecule has 0 radical (unpaired) electrons. The van der Waals surface area contributed by atoms with Crippen molar-refractivity contribution in [3.05, 3.63) is 0 Å². The Morgan fingerprint density at radius 2 is 2.00 bits per heavy atom. The lowest BCUT2D eigenvalue weighted by Crippen LogP contribution is -2.33. The molecule has 0 rings (SSSR count). The van der Waals surface area contributed by atoms with Gasteiger partial charge in [-0.1, -0.05) is 6.92 Å². The molecular weight excluding hydrogens is 134 g/mol. The third-order valence-electron chi connectivity index (χ3n) is 0.998. The Hall–Kier alpha value is -0.900. The fraction of sp³-hybridized carbons (Fsp3) is 0.667. The van der Waals surface area contributed by atoms with Crippen LogP contribution in [-0.4, -0.2) is 24.0 Å². The van der Waals surface area contributed by atoms with E-state index in [9.17, 15) is 9.59 Å². The summed E-state index contributed by atoms with van der Waals surface area (Å²) in [5, 5.41) is 0.736. The molecule has 0 atom stereocenters. The highest BCUT2D eigenvalue weighted by Gasteiger charge is 2.14. The van der Waals surface area contributed by atoms with Crippen LogP contribution in [0.3, 0.4) is 0 Å². The van der Waals surface area contributed by atoms with Gasteiger partial charge in [0.1, 0.15) is 0 Å². The number of hydrogen-bond donors (Lipinski definition) is 0. The fourth-order valence-corrected chi connectivity index (χ4v) is 0.550. The van der Waals surface area contributed by atoms with Crippen LogP contribution in [0.15, 0.2) is 0 Å². The zero-order chi connectivity index (χ0) is 8.15. The van der Waals surface area contributed by atoms with Crippen molar-refractivity contribution in [2.45, 2.75) is 20.3 Å². The molecule has 0 spiro atoms. The van der Waals surface area contributed by atoms with Gasteiger partial charge < -0.3 is 0 Å². The number of carbonyl (C=O) groups is 2. The largest absolute Gasteiger partial charge is 0.272 e. The zero-order valence-corrected chi connectivity index (χ0v) is 6.38. The molecule has 0 aliphatic carbocycles. The van der Waals surface area contributed by atoms with Crippen LogP contribution in [0.25, 0.3) is 0 Å². The Balaban J connectivity index is 4.06. The second kappa shape index (κ2) is 4.00. The van der Waals surface area contributed by atoms with E-state index in [0.29, 0.717) is 0 Å². The normalized spacial score (nSPS) is 9.10. The minimum atomic E-state index is -0.394. The predicted molar refractivity (Wildman–Crippen MR) is 34.8 cm³/mol. The van der Waals surface area contributed by atoms with E-state index in [4.69, 9.17) is 0 Å². The number of hydroxylamine groups is 2. The van der Waals surface area contributed by atoms with Gasteiger partial charge in [-0.2, -0.15) is 5.06 Å². The first-order valence-corrected chi connectivity index (χ1v) is 3.01. The molecule has 0 aromatic heterocycles. The summed E-state index contributed by atoms with van der Waals surface area (Å²) in [6.45, 7) is 2.94. The molecule has 2 amide bonds. The first-order chi connectivity index (χ1) is 4.63. The van der Waals surface area contributed by atoms with Gasteiger partial charge >= 0.3 is 0 Å². The van der Waals surface area contributed by atoms with Gasteiger partial charge in [0.25, 0.3) is 5.91 Å². The van der Waals surface area contributed by atoms with Crippen LogP contribution in [0.2, 0.25) is 0 Å². The Kier molecular flexibility index (Phi) is 3.64. The molecule has 58 valence electrons. The Morgan fingerprint density at radius 3 is 2.10 bits per heavy atom. The molecule has 0 heterocycles. The molecule has 0 aliphatic heterocycles. The lowest BCUT2D eigenvalue weighted by Gasteiger charge is -2.13. The molecule has 0 aromatic rings. The smallest absolute Gasteiger partial charge is 0.253 e. The van der Waals surface area contributed by atoms with E-state index in [0.717, 1.165) is 5.06 Å². The van der Waals surface area contributed by atoms with Crippen LogP contribution in [0.5, 0.6) is 0 Å². The van der Waals surface area contributed by atoms with Crippen LogP contribution in [0, 0.1) is 0 Å². The van der Waals surface area contributed by atoms with Gasteiger partial charge in [-0.05, 0) is 0 Å². The molecule has 0 bridgehead atoms. The van der Waals surface area contributed by atoms with E-state index < -0.39 is 5.91 Å². The maximum absolute atomic E-state index is 10.8. The zero-order valence-electron chi connectivity index (χ0n) is 6.38. The molecule has 4 nitrogen and oxygen atoms in total. The second-order valence-corrected chi connectivity index (χ2v) is 1.74. The molecule has 0 saturated carbocycles. The standard InChI is InChI=1S/C6H11NO3/c1-4-6(9)7(10-3)5(2)8/h4H2,1-3H3. The van der Waals surface area contributed by atoms with E-state index in [1.807, 2.05) is 0 Å². The van der Waals surface area contributed by atoms with Gasteiger partial charge in [-0.15, -0.1) is 0 Å². The third kappa shape index (κ3) is 2.14. The molecule has 0 aromatic carbocycles. The van der Waals surface area contributed by atoms with E-state index in [1.54, 1.807) is 6.92 Å². The molecule has 0 unspecified atom stereocenters. The van der Waals surface area contributed by atoms with Gasteiger partial charge in [-0.25, -0.2) is 0 Å². The Morgan fingerprint density at radius 1 is 1.50 bits per heavy atom. The minimum Gasteiger partial charge on any atom is -0.272 e. The molecule has 10 heavy (non-hydrogen) atoms. The molecule has 0 fully saturated rings. The summed E-state index contributed by atoms with van der Waals surface area (Å²) in [6.07, 6.45) is 0.271. The van der Waals surface area contributed by atoms with Crippen LogP contribution in [0.1, 0.15) is 20.3 Å². The van der Waals surface area contributed by atoms with Crippen molar-refractivity contribution in [2.24, 2.45) is 0 Å². The minimum absolute atomic E-state index is 0.271. The van der Waals surface area contributed by atoms with Crippen molar-refractivity contribution in [1.82, 2.24) is 5.06 Å². The van der Waals surface area contributed by atoms with E-state index in [2.05, 4.69) is 4.84 Å². The number of rotatable bonds is 2. The Labute approximate surface area is 59.7 Å². The quantitative estimate of drug-likeness (QED) is 0.526. The maximum atomic E-state index is 10.8. The van der Waals surface area contributed by atoms with Crippen molar-refractivity contribution in [3.63, 3.8) is 0 Å². The highest BCUT2D eigenvalue weighted by atomic mass is 16.7. The van der Waals surface area contributed by atoms with Crippen molar-refractivity contribution in [1.29, 1.82) is 0 Å².